The fourth-order valence-corrected chi connectivity index (χ4v) is 2.92. The SMILES string of the molecule is CC1CCC(C#N)(c2ccc(F)cc2Cl)CC1. The first-order valence-electron chi connectivity index (χ1n) is 5.94. The summed E-state index contributed by atoms with van der Waals surface area (Å²) in [6.07, 6.45) is 3.69. The standard InChI is InChI=1S/C14H15ClFN/c1-10-4-6-14(9-17,7-5-10)12-3-2-11(16)8-13(12)15/h2-3,8,10H,4-7H2,1H3. The van der Waals surface area contributed by atoms with Crippen LogP contribution in [0.15, 0.2) is 18.2 Å². The van der Waals surface area contributed by atoms with Crippen LogP contribution in [-0.2, 0) is 5.41 Å². The molecule has 1 saturated carbocycles. The van der Waals surface area contributed by atoms with Crippen molar-refractivity contribution in [3.8, 4) is 6.07 Å². The highest BCUT2D eigenvalue weighted by atomic mass is 35.5. The summed E-state index contributed by atoms with van der Waals surface area (Å²) in [6.45, 7) is 2.20. The van der Waals surface area contributed by atoms with E-state index in [0.29, 0.717) is 10.9 Å². The van der Waals surface area contributed by atoms with E-state index in [4.69, 9.17) is 11.6 Å². The van der Waals surface area contributed by atoms with Crippen molar-refractivity contribution >= 4 is 11.6 Å². The lowest BCUT2D eigenvalue weighted by Gasteiger charge is -2.34. The Kier molecular flexibility index (Phi) is 3.40. The number of rotatable bonds is 1. The molecule has 0 amide bonds. The molecule has 0 aliphatic heterocycles. The van der Waals surface area contributed by atoms with Crippen LogP contribution in [0.5, 0.6) is 0 Å². The minimum Gasteiger partial charge on any atom is -0.207 e. The summed E-state index contributed by atoms with van der Waals surface area (Å²) in [4.78, 5) is 0. The Bertz CT molecular complexity index is 456. The van der Waals surface area contributed by atoms with Crippen LogP contribution < -0.4 is 0 Å². The zero-order valence-corrected chi connectivity index (χ0v) is 10.6. The molecule has 0 unspecified atom stereocenters. The minimum atomic E-state index is -0.517. The quantitative estimate of drug-likeness (QED) is 0.723. The van der Waals surface area contributed by atoms with E-state index in [2.05, 4.69) is 13.0 Å². The van der Waals surface area contributed by atoms with E-state index in [1.807, 2.05) is 0 Å². The Morgan fingerprint density at radius 2 is 2.06 bits per heavy atom. The van der Waals surface area contributed by atoms with Gasteiger partial charge in [0, 0.05) is 5.02 Å². The molecular weight excluding hydrogens is 237 g/mol. The number of halogens is 2. The van der Waals surface area contributed by atoms with Gasteiger partial charge in [-0.05, 0) is 49.3 Å². The first-order valence-corrected chi connectivity index (χ1v) is 6.32. The predicted molar refractivity (Wildman–Crippen MR) is 66.3 cm³/mol. The van der Waals surface area contributed by atoms with Crippen molar-refractivity contribution in [3.63, 3.8) is 0 Å². The van der Waals surface area contributed by atoms with Crippen LogP contribution in [0.3, 0.4) is 0 Å². The van der Waals surface area contributed by atoms with Crippen LogP contribution in [0.25, 0.3) is 0 Å². The van der Waals surface area contributed by atoms with Crippen molar-refractivity contribution in [2.75, 3.05) is 0 Å². The van der Waals surface area contributed by atoms with Crippen LogP contribution in [0.2, 0.25) is 5.02 Å². The van der Waals surface area contributed by atoms with Crippen LogP contribution in [0.4, 0.5) is 4.39 Å². The van der Waals surface area contributed by atoms with Crippen LogP contribution in [-0.4, -0.2) is 0 Å². The maximum atomic E-state index is 13.0. The summed E-state index contributed by atoms with van der Waals surface area (Å²) in [7, 11) is 0. The van der Waals surface area contributed by atoms with E-state index in [9.17, 15) is 9.65 Å². The van der Waals surface area contributed by atoms with E-state index < -0.39 is 5.41 Å². The zero-order chi connectivity index (χ0) is 12.5. The topological polar surface area (TPSA) is 23.8 Å². The number of hydrogen-bond acceptors (Lipinski definition) is 1. The summed E-state index contributed by atoms with van der Waals surface area (Å²) >= 11 is 6.08. The molecule has 0 N–H and O–H groups in total. The molecule has 3 heteroatoms. The molecule has 0 spiro atoms. The summed E-state index contributed by atoms with van der Waals surface area (Å²) in [6, 6.07) is 6.76. The fourth-order valence-electron chi connectivity index (χ4n) is 2.57. The number of nitriles is 1. The van der Waals surface area contributed by atoms with Gasteiger partial charge in [0.15, 0.2) is 0 Å². The van der Waals surface area contributed by atoms with E-state index in [1.165, 1.54) is 12.1 Å². The second-order valence-electron chi connectivity index (χ2n) is 5.00. The predicted octanol–water partition coefficient (Wildman–Crippen LogP) is 4.45. The number of benzene rings is 1. The molecule has 1 aliphatic rings. The van der Waals surface area contributed by atoms with Gasteiger partial charge < -0.3 is 0 Å². The maximum Gasteiger partial charge on any atom is 0.124 e. The second kappa shape index (κ2) is 4.66. The van der Waals surface area contributed by atoms with Gasteiger partial charge in [0.05, 0.1) is 11.5 Å². The van der Waals surface area contributed by atoms with Gasteiger partial charge in [-0.25, -0.2) is 4.39 Å². The monoisotopic (exact) mass is 251 g/mol. The van der Waals surface area contributed by atoms with E-state index in [0.717, 1.165) is 31.2 Å². The van der Waals surface area contributed by atoms with Gasteiger partial charge in [-0.2, -0.15) is 5.26 Å². The molecule has 0 saturated heterocycles. The molecular formula is C14H15ClFN. The second-order valence-corrected chi connectivity index (χ2v) is 5.41. The number of nitrogens with zero attached hydrogens (tertiary/aromatic N) is 1. The zero-order valence-electron chi connectivity index (χ0n) is 9.84. The van der Waals surface area contributed by atoms with Crippen molar-refractivity contribution in [1.29, 1.82) is 5.26 Å². The highest BCUT2D eigenvalue weighted by Gasteiger charge is 2.37. The summed E-state index contributed by atoms with van der Waals surface area (Å²) in [5.41, 5.74) is 0.270. The van der Waals surface area contributed by atoms with Crippen molar-refractivity contribution < 1.29 is 4.39 Å². The molecule has 90 valence electrons. The Morgan fingerprint density at radius 1 is 1.41 bits per heavy atom. The van der Waals surface area contributed by atoms with Gasteiger partial charge in [-0.3, -0.25) is 0 Å². The third kappa shape index (κ3) is 2.30. The molecule has 0 radical (unpaired) electrons. The van der Waals surface area contributed by atoms with Crippen molar-refractivity contribution in [1.82, 2.24) is 0 Å². The Morgan fingerprint density at radius 3 is 2.59 bits per heavy atom. The van der Waals surface area contributed by atoms with Crippen LogP contribution in [0, 0.1) is 23.1 Å². The fraction of sp³-hybridized carbons (Fsp3) is 0.500. The molecule has 1 nitrogen and oxygen atoms in total. The lowest BCUT2D eigenvalue weighted by atomic mass is 9.68. The molecule has 17 heavy (non-hydrogen) atoms. The molecule has 0 atom stereocenters. The Balaban J connectivity index is 2.39. The van der Waals surface area contributed by atoms with Gasteiger partial charge in [-0.1, -0.05) is 24.6 Å². The first-order chi connectivity index (χ1) is 8.07. The van der Waals surface area contributed by atoms with Crippen molar-refractivity contribution in [3.05, 3.63) is 34.6 Å². The van der Waals surface area contributed by atoms with Crippen LogP contribution >= 0.6 is 11.6 Å². The van der Waals surface area contributed by atoms with Gasteiger partial charge in [0.25, 0.3) is 0 Å². The molecule has 2 rings (SSSR count). The number of hydrogen-bond donors (Lipinski definition) is 0. The summed E-state index contributed by atoms with van der Waals surface area (Å²) in [5, 5.41) is 9.85. The summed E-state index contributed by atoms with van der Waals surface area (Å²) < 4.78 is 13.0. The smallest absolute Gasteiger partial charge is 0.124 e. The molecule has 0 bridgehead atoms. The molecule has 1 aliphatic carbocycles. The molecule has 1 fully saturated rings. The first kappa shape index (κ1) is 12.4. The van der Waals surface area contributed by atoms with Gasteiger partial charge in [0.2, 0.25) is 0 Å². The van der Waals surface area contributed by atoms with Gasteiger partial charge >= 0.3 is 0 Å². The molecule has 1 aromatic carbocycles. The highest BCUT2D eigenvalue weighted by molar-refractivity contribution is 6.31. The maximum absolute atomic E-state index is 13.0. The van der Waals surface area contributed by atoms with Gasteiger partial charge in [0.1, 0.15) is 5.82 Å². The normalized spacial score (nSPS) is 28.7. The van der Waals surface area contributed by atoms with E-state index in [-0.39, 0.29) is 5.82 Å². The average molecular weight is 252 g/mol. The minimum absolute atomic E-state index is 0.351. The Hall–Kier alpha value is -1.07. The molecule has 0 aromatic heterocycles. The Labute approximate surface area is 106 Å². The highest BCUT2D eigenvalue weighted by Crippen LogP contribution is 2.43. The van der Waals surface area contributed by atoms with E-state index in [1.54, 1.807) is 6.07 Å². The summed E-state index contributed by atoms with van der Waals surface area (Å²) in [5.74, 6) is 0.312. The van der Waals surface area contributed by atoms with Crippen molar-refractivity contribution in [2.45, 2.75) is 38.0 Å². The molecule has 1 aromatic rings. The van der Waals surface area contributed by atoms with Crippen LogP contribution in [0.1, 0.15) is 38.2 Å². The van der Waals surface area contributed by atoms with Gasteiger partial charge in [-0.15, -0.1) is 0 Å². The lowest BCUT2D eigenvalue weighted by molar-refractivity contribution is 0.294. The van der Waals surface area contributed by atoms with Crippen molar-refractivity contribution in [2.24, 2.45) is 5.92 Å². The third-order valence-corrected chi connectivity index (χ3v) is 4.10. The van der Waals surface area contributed by atoms with E-state index >= 15 is 0 Å². The third-order valence-electron chi connectivity index (χ3n) is 3.79. The average Bonchev–Trinajstić information content (AvgIpc) is 2.31. The largest absolute Gasteiger partial charge is 0.207 e. The lowest BCUT2D eigenvalue weighted by Crippen LogP contribution is -2.30. The molecule has 0 heterocycles.